The van der Waals surface area contributed by atoms with E-state index in [0.29, 0.717) is 12.5 Å². The molecule has 0 aromatic carbocycles. The van der Waals surface area contributed by atoms with Crippen molar-refractivity contribution in [3.8, 4) is 5.88 Å². The molecule has 0 saturated carbocycles. The molecule has 1 aromatic rings. The highest BCUT2D eigenvalue weighted by Gasteiger charge is 2.25. The Bertz CT molecular complexity index is 402. The van der Waals surface area contributed by atoms with Crippen LogP contribution in [0.1, 0.15) is 44.9 Å². The molecule has 0 spiro atoms. The van der Waals surface area contributed by atoms with Gasteiger partial charge in [-0.2, -0.15) is 0 Å². The number of hydrogen-bond donors (Lipinski definition) is 0. The number of carbonyl (C=O) groups excluding carboxylic acids is 1. The Labute approximate surface area is 102 Å². The van der Waals surface area contributed by atoms with Gasteiger partial charge in [-0.05, 0) is 26.7 Å². The number of aromatic nitrogens is 2. The monoisotopic (exact) mass is 236 g/mol. The summed E-state index contributed by atoms with van der Waals surface area (Å²) in [5, 5.41) is 0. The van der Waals surface area contributed by atoms with Crippen LogP contribution in [0.4, 0.5) is 0 Å². The fraction of sp³-hybridized carbons (Fsp3) is 0.615. The van der Waals surface area contributed by atoms with E-state index in [0.717, 1.165) is 11.3 Å². The molecule has 17 heavy (non-hydrogen) atoms. The van der Waals surface area contributed by atoms with Gasteiger partial charge >= 0.3 is 0 Å². The summed E-state index contributed by atoms with van der Waals surface area (Å²) in [5.74, 6) is 0.737. The van der Waals surface area contributed by atoms with Crippen LogP contribution in [-0.2, 0) is 4.79 Å². The summed E-state index contributed by atoms with van der Waals surface area (Å²) in [6.45, 7) is 10.0. The van der Waals surface area contributed by atoms with Gasteiger partial charge < -0.3 is 4.74 Å². The van der Waals surface area contributed by atoms with E-state index in [1.807, 2.05) is 27.7 Å². The second-order valence-electron chi connectivity index (χ2n) is 4.45. The van der Waals surface area contributed by atoms with E-state index in [1.54, 1.807) is 6.92 Å². The largest absolute Gasteiger partial charge is 0.478 e. The minimum absolute atomic E-state index is 0.129. The van der Waals surface area contributed by atoms with Gasteiger partial charge in [-0.25, -0.2) is 9.97 Å². The summed E-state index contributed by atoms with van der Waals surface area (Å²) in [6.07, 6.45) is 1.46. The minimum atomic E-state index is -0.183. The summed E-state index contributed by atoms with van der Waals surface area (Å²) in [4.78, 5) is 20.0. The Morgan fingerprint density at radius 1 is 1.41 bits per heavy atom. The van der Waals surface area contributed by atoms with Crippen molar-refractivity contribution in [2.24, 2.45) is 5.92 Å². The average Bonchev–Trinajstić information content (AvgIpc) is 2.23. The van der Waals surface area contributed by atoms with Gasteiger partial charge in [0.15, 0.2) is 0 Å². The van der Waals surface area contributed by atoms with Crippen molar-refractivity contribution in [3.63, 3.8) is 0 Å². The summed E-state index contributed by atoms with van der Waals surface area (Å²) in [7, 11) is 0. The Morgan fingerprint density at radius 3 is 2.53 bits per heavy atom. The number of ether oxygens (including phenoxy) is 1. The third-order valence-electron chi connectivity index (χ3n) is 2.76. The molecular formula is C13H20N2O2. The SMILES string of the molecule is CCOc1ncnc(C(C(C)=O)C(C)C)c1C. The highest BCUT2D eigenvalue weighted by molar-refractivity contribution is 5.83. The molecule has 0 aliphatic carbocycles. The molecule has 0 radical (unpaired) electrons. The first-order valence-corrected chi connectivity index (χ1v) is 5.93. The predicted octanol–water partition coefficient (Wildman–Crippen LogP) is 2.51. The third kappa shape index (κ3) is 3.02. The number of rotatable bonds is 5. The molecule has 0 bridgehead atoms. The first-order valence-electron chi connectivity index (χ1n) is 5.93. The zero-order valence-corrected chi connectivity index (χ0v) is 11.2. The molecule has 4 nitrogen and oxygen atoms in total. The standard InChI is InChI=1S/C13H20N2O2/c1-6-17-13-9(4)12(14-7-15-13)11(8(2)3)10(5)16/h7-8,11H,6H2,1-5H3. The molecule has 0 saturated heterocycles. The van der Waals surface area contributed by atoms with Crippen molar-refractivity contribution in [3.05, 3.63) is 17.6 Å². The van der Waals surface area contributed by atoms with Crippen LogP contribution < -0.4 is 4.74 Å². The molecule has 0 amide bonds. The smallest absolute Gasteiger partial charge is 0.219 e. The molecular weight excluding hydrogens is 216 g/mol. The minimum Gasteiger partial charge on any atom is -0.478 e. The van der Waals surface area contributed by atoms with Crippen LogP contribution in [0.3, 0.4) is 0 Å². The van der Waals surface area contributed by atoms with Gasteiger partial charge in [0.05, 0.1) is 18.2 Å². The summed E-state index contributed by atoms with van der Waals surface area (Å²) < 4.78 is 5.42. The molecule has 0 fully saturated rings. The van der Waals surface area contributed by atoms with Crippen LogP contribution in [0.5, 0.6) is 5.88 Å². The zero-order chi connectivity index (χ0) is 13.0. The molecule has 1 atom stereocenters. The summed E-state index contributed by atoms with van der Waals surface area (Å²) >= 11 is 0. The lowest BCUT2D eigenvalue weighted by Gasteiger charge is -2.19. The molecule has 1 unspecified atom stereocenters. The molecule has 4 heteroatoms. The van der Waals surface area contributed by atoms with Gasteiger partial charge in [-0.15, -0.1) is 0 Å². The number of Topliss-reactive ketones (excluding diaryl/α,β-unsaturated/α-hetero) is 1. The lowest BCUT2D eigenvalue weighted by Crippen LogP contribution is -2.18. The molecule has 1 rings (SSSR count). The quantitative estimate of drug-likeness (QED) is 0.788. The van der Waals surface area contributed by atoms with Gasteiger partial charge in [0.2, 0.25) is 5.88 Å². The maximum absolute atomic E-state index is 11.7. The van der Waals surface area contributed by atoms with Crippen LogP contribution in [0.15, 0.2) is 6.33 Å². The maximum Gasteiger partial charge on any atom is 0.219 e. The number of nitrogens with zero attached hydrogens (tertiary/aromatic N) is 2. The van der Waals surface area contributed by atoms with Crippen LogP contribution >= 0.6 is 0 Å². The third-order valence-corrected chi connectivity index (χ3v) is 2.76. The number of ketones is 1. The van der Waals surface area contributed by atoms with Crippen molar-refractivity contribution < 1.29 is 9.53 Å². The highest BCUT2D eigenvalue weighted by atomic mass is 16.5. The van der Waals surface area contributed by atoms with E-state index >= 15 is 0 Å². The molecule has 94 valence electrons. The zero-order valence-electron chi connectivity index (χ0n) is 11.2. The van der Waals surface area contributed by atoms with E-state index in [-0.39, 0.29) is 17.6 Å². The van der Waals surface area contributed by atoms with Gasteiger partial charge in [0.25, 0.3) is 0 Å². The fourth-order valence-electron chi connectivity index (χ4n) is 2.02. The fourth-order valence-corrected chi connectivity index (χ4v) is 2.02. The van der Waals surface area contributed by atoms with E-state index in [2.05, 4.69) is 9.97 Å². The molecule has 0 aliphatic heterocycles. The van der Waals surface area contributed by atoms with E-state index < -0.39 is 0 Å². The van der Waals surface area contributed by atoms with Gasteiger partial charge in [0.1, 0.15) is 12.1 Å². The predicted molar refractivity (Wildman–Crippen MR) is 66.2 cm³/mol. The number of carbonyl (C=O) groups is 1. The highest BCUT2D eigenvalue weighted by Crippen LogP contribution is 2.29. The lowest BCUT2D eigenvalue weighted by atomic mass is 9.87. The van der Waals surface area contributed by atoms with Crippen molar-refractivity contribution >= 4 is 5.78 Å². The van der Waals surface area contributed by atoms with Gasteiger partial charge in [-0.1, -0.05) is 13.8 Å². The normalized spacial score (nSPS) is 12.6. The number of hydrogen-bond acceptors (Lipinski definition) is 4. The molecule has 1 heterocycles. The van der Waals surface area contributed by atoms with Gasteiger partial charge in [0, 0.05) is 5.56 Å². The Morgan fingerprint density at radius 2 is 2.06 bits per heavy atom. The first kappa shape index (κ1) is 13.6. The van der Waals surface area contributed by atoms with Crippen molar-refractivity contribution in [2.45, 2.75) is 40.5 Å². The topological polar surface area (TPSA) is 52.1 Å². The Balaban J connectivity index is 3.20. The van der Waals surface area contributed by atoms with Crippen molar-refractivity contribution in [1.82, 2.24) is 9.97 Å². The first-order chi connectivity index (χ1) is 7.99. The van der Waals surface area contributed by atoms with Crippen molar-refractivity contribution in [1.29, 1.82) is 0 Å². The molecule has 0 N–H and O–H groups in total. The second kappa shape index (κ2) is 5.75. The van der Waals surface area contributed by atoms with Crippen LogP contribution in [0.2, 0.25) is 0 Å². The average molecular weight is 236 g/mol. The van der Waals surface area contributed by atoms with Crippen LogP contribution in [0, 0.1) is 12.8 Å². The molecule has 0 aliphatic rings. The Hall–Kier alpha value is -1.45. The van der Waals surface area contributed by atoms with Crippen LogP contribution in [0.25, 0.3) is 0 Å². The maximum atomic E-state index is 11.7. The second-order valence-corrected chi connectivity index (χ2v) is 4.45. The van der Waals surface area contributed by atoms with Crippen LogP contribution in [-0.4, -0.2) is 22.4 Å². The van der Waals surface area contributed by atoms with Crippen molar-refractivity contribution in [2.75, 3.05) is 6.61 Å². The Kier molecular flexibility index (Phi) is 4.61. The van der Waals surface area contributed by atoms with E-state index in [4.69, 9.17) is 4.74 Å². The van der Waals surface area contributed by atoms with E-state index in [9.17, 15) is 4.79 Å². The summed E-state index contributed by atoms with van der Waals surface area (Å²) in [6, 6.07) is 0. The summed E-state index contributed by atoms with van der Waals surface area (Å²) in [5.41, 5.74) is 1.65. The molecule has 1 aromatic heterocycles. The lowest BCUT2D eigenvalue weighted by molar-refractivity contribution is -0.119. The van der Waals surface area contributed by atoms with E-state index in [1.165, 1.54) is 6.33 Å². The van der Waals surface area contributed by atoms with Gasteiger partial charge in [-0.3, -0.25) is 4.79 Å².